The number of aryl methyl sites for hydroxylation is 1. The van der Waals surface area contributed by atoms with Crippen LogP contribution in [0.2, 0.25) is 0 Å². The normalized spacial score (nSPS) is 10.6. The molecule has 1 heterocycles. The zero-order chi connectivity index (χ0) is 9.42. The Hall–Kier alpha value is -1.50. The first-order valence-electron chi connectivity index (χ1n) is 4.42. The van der Waals surface area contributed by atoms with Gasteiger partial charge in [0.1, 0.15) is 0 Å². The van der Waals surface area contributed by atoms with Gasteiger partial charge >= 0.3 is 0 Å². The number of hydrogen-bond acceptors (Lipinski definition) is 0. The van der Waals surface area contributed by atoms with Gasteiger partial charge in [-0.15, -0.1) is 0 Å². The first-order chi connectivity index (χ1) is 6.20. The minimum Gasteiger partial charge on any atom is -0.360 e. The van der Waals surface area contributed by atoms with Crippen molar-refractivity contribution in [3.63, 3.8) is 0 Å². The second kappa shape index (κ2) is 2.77. The van der Waals surface area contributed by atoms with Crippen molar-refractivity contribution >= 4 is 16.5 Å². The molecule has 1 aromatic heterocycles. The number of para-hydroxylation sites is 1. The van der Waals surface area contributed by atoms with Crippen LogP contribution < -0.4 is 0 Å². The van der Waals surface area contributed by atoms with E-state index in [2.05, 4.69) is 36.7 Å². The van der Waals surface area contributed by atoms with Crippen molar-refractivity contribution in [2.75, 3.05) is 0 Å². The molecule has 0 aliphatic rings. The monoisotopic (exact) mass is 171 g/mol. The quantitative estimate of drug-likeness (QED) is 0.675. The summed E-state index contributed by atoms with van der Waals surface area (Å²) in [4.78, 5) is 3.28. The zero-order valence-electron chi connectivity index (χ0n) is 8.02. The first kappa shape index (κ1) is 8.11. The van der Waals surface area contributed by atoms with Gasteiger partial charge in [0, 0.05) is 17.1 Å². The summed E-state index contributed by atoms with van der Waals surface area (Å²) in [7, 11) is 0. The molecule has 0 atom stereocenters. The number of fused-ring (bicyclic) bond motifs is 1. The summed E-state index contributed by atoms with van der Waals surface area (Å²) < 4.78 is 0. The summed E-state index contributed by atoms with van der Waals surface area (Å²) in [6.07, 6.45) is 2.04. The van der Waals surface area contributed by atoms with Crippen LogP contribution >= 0.6 is 0 Å². The molecule has 0 fully saturated rings. The summed E-state index contributed by atoms with van der Waals surface area (Å²) >= 11 is 0. The van der Waals surface area contributed by atoms with Crippen LogP contribution in [0.5, 0.6) is 0 Å². The topological polar surface area (TPSA) is 15.8 Å². The number of allylic oxidation sites excluding steroid dienone is 1. The van der Waals surface area contributed by atoms with E-state index >= 15 is 0 Å². The zero-order valence-corrected chi connectivity index (χ0v) is 8.02. The van der Waals surface area contributed by atoms with Crippen molar-refractivity contribution in [2.24, 2.45) is 0 Å². The van der Waals surface area contributed by atoms with Gasteiger partial charge in [-0.2, -0.15) is 0 Å². The molecular formula is C12H13N. The van der Waals surface area contributed by atoms with Crippen LogP contribution in [0.25, 0.3) is 16.5 Å². The molecule has 2 aromatic rings. The van der Waals surface area contributed by atoms with Crippen molar-refractivity contribution < 1.29 is 0 Å². The van der Waals surface area contributed by atoms with Crippen molar-refractivity contribution in [1.82, 2.24) is 4.98 Å². The van der Waals surface area contributed by atoms with E-state index in [1.54, 1.807) is 0 Å². The van der Waals surface area contributed by atoms with E-state index in [4.69, 9.17) is 0 Å². The third-order valence-corrected chi connectivity index (χ3v) is 2.38. The van der Waals surface area contributed by atoms with Crippen molar-refractivity contribution in [3.8, 4) is 0 Å². The molecule has 0 bridgehead atoms. The lowest BCUT2D eigenvalue weighted by Crippen LogP contribution is -1.80. The molecule has 66 valence electrons. The van der Waals surface area contributed by atoms with Crippen LogP contribution in [0.1, 0.15) is 18.1 Å². The summed E-state index contributed by atoms with van der Waals surface area (Å²) in [5.74, 6) is 0. The molecule has 0 saturated carbocycles. The van der Waals surface area contributed by atoms with E-state index < -0.39 is 0 Å². The molecular weight excluding hydrogens is 158 g/mol. The standard InChI is InChI=1S/C12H13N/c1-8(2)10-5-4-6-11-9(3)7-13-12(10)11/h4-7,13H,1H2,2-3H3. The maximum atomic E-state index is 3.96. The molecule has 0 spiro atoms. The molecule has 0 amide bonds. The average Bonchev–Trinajstić information content (AvgIpc) is 2.48. The molecule has 13 heavy (non-hydrogen) atoms. The Labute approximate surface area is 78.1 Å². The van der Waals surface area contributed by atoms with Gasteiger partial charge in [0.15, 0.2) is 0 Å². The number of nitrogens with one attached hydrogen (secondary N) is 1. The summed E-state index contributed by atoms with van der Waals surface area (Å²) in [5.41, 5.74) is 4.81. The van der Waals surface area contributed by atoms with Gasteiger partial charge in [-0.1, -0.05) is 24.8 Å². The third kappa shape index (κ3) is 1.17. The maximum absolute atomic E-state index is 3.96. The predicted molar refractivity (Wildman–Crippen MR) is 57.7 cm³/mol. The number of hydrogen-bond donors (Lipinski definition) is 1. The highest BCUT2D eigenvalue weighted by Crippen LogP contribution is 2.24. The smallest absolute Gasteiger partial charge is 0.0532 e. The lowest BCUT2D eigenvalue weighted by molar-refractivity contribution is 1.42. The molecule has 0 unspecified atom stereocenters. The fraction of sp³-hybridized carbons (Fsp3) is 0.167. The van der Waals surface area contributed by atoms with E-state index in [-0.39, 0.29) is 0 Å². The highest BCUT2D eigenvalue weighted by Gasteiger charge is 2.03. The fourth-order valence-electron chi connectivity index (χ4n) is 1.65. The van der Waals surface area contributed by atoms with Gasteiger partial charge in [-0.05, 0) is 25.0 Å². The summed E-state index contributed by atoms with van der Waals surface area (Å²) in [6.45, 7) is 8.11. The number of H-pyrrole nitrogens is 1. The molecule has 0 aliphatic carbocycles. The highest BCUT2D eigenvalue weighted by molar-refractivity contribution is 5.92. The van der Waals surface area contributed by atoms with Crippen molar-refractivity contribution in [3.05, 3.63) is 42.1 Å². The molecule has 2 rings (SSSR count). The largest absolute Gasteiger partial charge is 0.360 e. The van der Waals surface area contributed by atoms with E-state index in [0.29, 0.717) is 0 Å². The molecule has 0 aliphatic heterocycles. The second-order valence-corrected chi connectivity index (χ2v) is 3.48. The minimum absolute atomic E-state index is 1.10. The van der Waals surface area contributed by atoms with Gasteiger partial charge in [0.05, 0.1) is 5.52 Å². The average molecular weight is 171 g/mol. The Morgan fingerprint density at radius 3 is 2.85 bits per heavy atom. The van der Waals surface area contributed by atoms with E-state index in [0.717, 1.165) is 5.57 Å². The van der Waals surface area contributed by atoms with E-state index in [1.807, 2.05) is 13.1 Å². The fourth-order valence-corrected chi connectivity index (χ4v) is 1.65. The first-order valence-corrected chi connectivity index (χ1v) is 4.42. The lowest BCUT2D eigenvalue weighted by Gasteiger charge is -2.01. The van der Waals surface area contributed by atoms with Crippen LogP contribution in [0, 0.1) is 6.92 Å². The Bertz CT molecular complexity index is 463. The van der Waals surface area contributed by atoms with E-state index in [9.17, 15) is 0 Å². The SMILES string of the molecule is C=C(C)c1cccc2c(C)c[nH]c12. The van der Waals surface area contributed by atoms with Gasteiger partial charge in [-0.25, -0.2) is 0 Å². The van der Waals surface area contributed by atoms with Crippen LogP contribution in [-0.2, 0) is 0 Å². The minimum atomic E-state index is 1.10. The lowest BCUT2D eigenvalue weighted by atomic mass is 10.0. The van der Waals surface area contributed by atoms with Gasteiger partial charge in [0.25, 0.3) is 0 Å². The third-order valence-electron chi connectivity index (χ3n) is 2.38. The molecule has 0 radical (unpaired) electrons. The second-order valence-electron chi connectivity index (χ2n) is 3.48. The Morgan fingerprint density at radius 1 is 1.38 bits per heavy atom. The van der Waals surface area contributed by atoms with Crippen molar-refractivity contribution in [2.45, 2.75) is 13.8 Å². The van der Waals surface area contributed by atoms with Gasteiger partial charge in [-0.3, -0.25) is 0 Å². The van der Waals surface area contributed by atoms with Crippen LogP contribution in [0.4, 0.5) is 0 Å². The Balaban J connectivity index is 2.84. The number of aromatic nitrogens is 1. The summed E-state index contributed by atoms with van der Waals surface area (Å²) in [5, 5.41) is 1.29. The van der Waals surface area contributed by atoms with Crippen LogP contribution in [0.3, 0.4) is 0 Å². The Morgan fingerprint density at radius 2 is 2.15 bits per heavy atom. The molecule has 1 heteroatoms. The molecule has 1 aromatic carbocycles. The van der Waals surface area contributed by atoms with Crippen LogP contribution in [0.15, 0.2) is 31.0 Å². The van der Waals surface area contributed by atoms with Gasteiger partial charge in [0.2, 0.25) is 0 Å². The highest BCUT2D eigenvalue weighted by atomic mass is 14.7. The number of aromatic amines is 1. The molecule has 0 saturated heterocycles. The number of benzene rings is 1. The van der Waals surface area contributed by atoms with Gasteiger partial charge < -0.3 is 4.98 Å². The number of rotatable bonds is 1. The molecule has 1 N–H and O–H groups in total. The molecule has 1 nitrogen and oxygen atoms in total. The van der Waals surface area contributed by atoms with Crippen LogP contribution in [-0.4, -0.2) is 4.98 Å². The maximum Gasteiger partial charge on any atom is 0.0532 e. The Kier molecular flexibility index (Phi) is 1.73. The predicted octanol–water partition coefficient (Wildman–Crippen LogP) is 3.51. The summed E-state index contributed by atoms with van der Waals surface area (Å²) in [6, 6.07) is 6.31. The van der Waals surface area contributed by atoms with E-state index in [1.165, 1.54) is 22.0 Å². The van der Waals surface area contributed by atoms with Crippen molar-refractivity contribution in [1.29, 1.82) is 0 Å².